The van der Waals surface area contributed by atoms with Crippen molar-refractivity contribution in [3.63, 3.8) is 0 Å². The fraction of sp³-hybridized carbons (Fsp3) is 0. The predicted octanol–water partition coefficient (Wildman–Crippen LogP) is -12.9. The number of rotatable bonds is 1. The van der Waals surface area contributed by atoms with E-state index in [1.54, 1.807) is 0 Å². The first-order chi connectivity index (χ1) is 3.25. The molecule has 16 heteroatoms. The summed E-state index contributed by atoms with van der Waals surface area (Å²) in [6.45, 7) is 0. The molecule has 12 nitrogen and oxygen atoms in total. The van der Waals surface area contributed by atoms with Crippen LogP contribution in [0.25, 0.3) is 0 Å². The summed E-state index contributed by atoms with van der Waals surface area (Å²) in [7, 11) is -11.1. The fourth-order valence-corrected chi connectivity index (χ4v) is 0. The van der Waals surface area contributed by atoms with Crippen LogP contribution in [0.15, 0.2) is 0 Å². The van der Waals surface area contributed by atoms with Crippen LogP contribution in [-0.2, 0) is 9.13 Å². The van der Waals surface area contributed by atoms with E-state index in [4.69, 9.17) is 9.79 Å². The summed E-state index contributed by atoms with van der Waals surface area (Å²) in [5.41, 5.74) is 0. The Morgan fingerprint density at radius 2 is 0.750 bits per heavy atom. The molecular formula is H14Na2O12P2. The van der Waals surface area contributed by atoms with Gasteiger partial charge >= 0.3 is 66.4 Å². The van der Waals surface area contributed by atoms with Crippen LogP contribution in [0.2, 0.25) is 0 Å². The van der Waals surface area contributed by atoms with Crippen molar-refractivity contribution in [2.45, 2.75) is 0 Å². The van der Waals surface area contributed by atoms with Crippen molar-refractivity contribution in [3.8, 4) is 0 Å². The summed E-state index contributed by atoms with van der Waals surface area (Å²) in [4.78, 5) is 33.9. The Morgan fingerprint density at radius 1 is 0.688 bits per heavy atom. The van der Waals surface area contributed by atoms with Gasteiger partial charge in [-0.2, -0.15) is 0 Å². The molecule has 0 aliphatic carbocycles. The smallest absolute Gasteiger partial charge is 0.802 e. The molecule has 0 rings (SSSR count). The molecule has 0 heterocycles. The molecule has 0 bridgehead atoms. The molecule has 0 aromatic heterocycles. The topological polar surface area (TPSA) is 310 Å². The Kier molecular flexibility index (Phi) is 89.1. The van der Waals surface area contributed by atoms with Gasteiger partial charge in [0, 0.05) is 7.28 Å². The van der Waals surface area contributed by atoms with E-state index in [-0.39, 0.29) is 92.0 Å². The van der Waals surface area contributed by atoms with Crippen molar-refractivity contribution >= 4 is 14.6 Å². The molecule has 0 aromatic rings. The van der Waals surface area contributed by atoms with Gasteiger partial charge < -0.3 is 57.0 Å². The first kappa shape index (κ1) is 64.0. The van der Waals surface area contributed by atoms with E-state index < -0.39 is 14.6 Å². The van der Waals surface area contributed by atoms with Crippen molar-refractivity contribution in [2.75, 3.05) is 0 Å². The SMILES string of the molecule is O.O.O.O.O.O.O=P([O-])([O-])P(=O)(O)O.[Na+].[Na+]. The molecule has 0 fully saturated rings. The molecule has 0 spiro atoms. The first-order valence-electron chi connectivity index (χ1n) is 1.33. The maximum atomic E-state index is 9.46. The molecule has 0 saturated carbocycles. The van der Waals surface area contributed by atoms with Crippen LogP contribution in [0.4, 0.5) is 0 Å². The molecule has 0 unspecified atom stereocenters. The van der Waals surface area contributed by atoms with Crippen molar-refractivity contribution in [2.24, 2.45) is 0 Å². The predicted molar refractivity (Wildman–Crippen MR) is 41.3 cm³/mol. The minimum atomic E-state index is -5.68. The van der Waals surface area contributed by atoms with E-state index in [1.165, 1.54) is 0 Å². The summed E-state index contributed by atoms with van der Waals surface area (Å²) in [6, 6.07) is 0. The first-order valence-corrected chi connectivity index (χ1v) is 5.19. The normalized spacial score (nSPS) is 7.00. The molecule has 0 aliphatic rings. The fourth-order valence-electron chi connectivity index (χ4n) is 0. The molecular weight excluding hydrogens is 300 g/mol. The molecule has 0 aliphatic heterocycles. The second kappa shape index (κ2) is 22.3. The summed E-state index contributed by atoms with van der Waals surface area (Å²) in [5.74, 6) is 0. The molecule has 14 N–H and O–H groups in total. The van der Waals surface area contributed by atoms with E-state index in [0.717, 1.165) is 0 Å². The molecule has 0 radical (unpaired) electrons. The third-order valence-corrected chi connectivity index (χ3v) is 2.87. The standard InChI is InChI=1S/2Na.H4O6P2.6H2O/c;;1-7(2,3)8(4,5)6;;;;;;/h;;(H2,1,2,3)(H2,4,5,6);6*1H2/q2*+1;;;;;;;/p-2. The van der Waals surface area contributed by atoms with Gasteiger partial charge in [0.15, 0.2) is 0 Å². The molecule has 98 valence electrons. The van der Waals surface area contributed by atoms with E-state index in [9.17, 15) is 18.9 Å². The summed E-state index contributed by atoms with van der Waals surface area (Å²) < 4.78 is 18.8. The van der Waals surface area contributed by atoms with Gasteiger partial charge in [-0.3, -0.25) is 4.57 Å². The van der Waals surface area contributed by atoms with E-state index in [0.29, 0.717) is 0 Å². The Bertz CT molecular complexity index is 146. The zero-order chi connectivity index (χ0) is 7.00. The van der Waals surface area contributed by atoms with Crippen LogP contribution in [0.3, 0.4) is 0 Å². The van der Waals surface area contributed by atoms with Crippen molar-refractivity contribution in [1.29, 1.82) is 0 Å². The van der Waals surface area contributed by atoms with Gasteiger partial charge in [-0.25, -0.2) is 0 Å². The van der Waals surface area contributed by atoms with Gasteiger partial charge in [0.25, 0.3) is 0 Å². The van der Waals surface area contributed by atoms with Crippen LogP contribution >= 0.6 is 14.6 Å². The minimum absolute atomic E-state index is 0. The van der Waals surface area contributed by atoms with Crippen molar-refractivity contribution < 1.29 is 121 Å². The number of hydrogen-bond donors (Lipinski definition) is 2. The largest absolute Gasteiger partial charge is 1.00 e. The van der Waals surface area contributed by atoms with Crippen LogP contribution in [0.5, 0.6) is 0 Å². The minimum Gasteiger partial charge on any atom is -0.802 e. The quantitative estimate of drug-likeness (QED) is 0.349. The molecule has 0 saturated heterocycles. The molecule has 0 amide bonds. The van der Waals surface area contributed by atoms with Gasteiger partial charge in [0.05, 0.1) is 0 Å². The van der Waals surface area contributed by atoms with E-state index >= 15 is 0 Å². The molecule has 0 aromatic carbocycles. The zero-order valence-electron chi connectivity index (χ0n) is 8.42. The average molecular weight is 314 g/mol. The Morgan fingerprint density at radius 3 is 0.750 bits per heavy atom. The van der Waals surface area contributed by atoms with Crippen LogP contribution in [0.1, 0.15) is 0 Å². The zero-order valence-corrected chi connectivity index (χ0v) is 14.2. The molecule has 0 atom stereocenters. The maximum absolute atomic E-state index is 9.46. The third-order valence-electron chi connectivity index (χ3n) is 0.319. The van der Waals surface area contributed by atoms with Gasteiger partial charge in [-0.05, 0) is 0 Å². The summed E-state index contributed by atoms with van der Waals surface area (Å²) in [6.07, 6.45) is 0. The van der Waals surface area contributed by atoms with Gasteiger partial charge in [0.2, 0.25) is 0 Å². The van der Waals surface area contributed by atoms with Crippen LogP contribution < -0.4 is 68.9 Å². The van der Waals surface area contributed by atoms with Crippen molar-refractivity contribution in [1.82, 2.24) is 0 Å². The maximum Gasteiger partial charge on any atom is 1.00 e. The Hall–Kier alpha value is 2.06. The van der Waals surface area contributed by atoms with Crippen molar-refractivity contribution in [3.05, 3.63) is 0 Å². The van der Waals surface area contributed by atoms with E-state index in [1.807, 2.05) is 0 Å². The average Bonchev–Trinajstić information content (AvgIpc) is 1.25. The van der Waals surface area contributed by atoms with Crippen LogP contribution in [0, 0.1) is 0 Å². The van der Waals surface area contributed by atoms with Gasteiger partial charge in [0.1, 0.15) is 0 Å². The third kappa shape index (κ3) is 29.8. The van der Waals surface area contributed by atoms with Gasteiger partial charge in [-0.1, -0.05) is 0 Å². The number of hydrogen-bond acceptors (Lipinski definition) is 4. The Labute approximate surface area is 134 Å². The molecule has 16 heavy (non-hydrogen) atoms. The monoisotopic (exact) mass is 314 g/mol. The summed E-state index contributed by atoms with van der Waals surface area (Å²) in [5, 5.41) is 0. The van der Waals surface area contributed by atoms with Gasteiger partial charge in [-0.15, -0.1) is 0 Å². The second-order valence-electron chi connectivity index (χ2n) is 0.982. The summed E-state index contributed by atoms with van der Waals surface area (Å²) >= 11 is 0. The second-order valence-corrected chi connectivity index (χ2v) is 5.98. The van der Waals surface area contributed by atoms with Crippen LogP contribution in [-0.4, -0.2) is 42.6 Å². The van der Waals surface area contributed by atoms with E-state index in [2.05, 4.69) is 0 Å². The Balaban J connectivity index is -0.00000000875.